The Morgan fingerprint density at radius 2 is 1.79 bits per heavy atom. The Bertz CT molecular complexity index is 722. The molecule has 0 amide bonds. The Morgan fingerprint density at radius 1 is 1.08 bits per heavy atom. The van der Waals surface area contributed by atoms with E-state index in [1.54, 1.807) is 0 Å². The zero-order chi connectivity index (χ0) is 16.9. The second kappa shape index (κ2) is 7.61. The van der Waals surface area contributed by atoms with Crippen LogP contribution in [0.4, 0.5) is 0 Å². The van der Waals surface area contributed by atoms with Gasteiger partial charge in [-0.3, -0.25) is 4.98 Å². The van der Waals surface area contributed by atoms with Crippen LogP contribution in [0.15, 0.2) is 30.3 Å². The Balaban J connectivity index is 2.20. The topological polar surface area (TPSA) is 39.2 Å². The van der Waals surface area contributed by atoms with Crippen LogP contribution in [0.3, 0.4) is 0 Å². The number of esters is 1. The monoisotopic (exact) mass is 323 g/mol. The Morgan fingerprint density at radius 3 is 2.50 bits per heavy atom. The molecule has 0 radical (unpaired) electrons. The van der Waals surface area contributed by atoms with E-state index < -0.39 is 0 Å². The van der Waals surface area contributed by atoms with Gasteiger partial charge in [0.05, 0.1) is 17.9 Å². The molecule has 0 bridgehead atoms. The number of carbonyl (C=O) groups excluding carboxylic acids is 1. The number of fused-ring (bicyclic) bond motifs is 1. The molecule has 0 saturated carbocycles. The molecule has 1 heterocycles. The summed E-state index contributed by atoms with van der Waals surface area (Å²) >= 11 is 0. The summed E-state index contributed by atoms with van der Waals surface area (Å²) in [4.78, 5) is 17.6. The van der Waals surface area contributed by atoms with Gasteiger partial charge in [0.1, 0.15) is 0 Å². The lowest BCUT2D eigenvalue weighted by Gasteiger charge is -2.20. The van der Waals surface area contributed by atoms with Crippen LogP contribution in [0.1, 0.15) is 59.8 Å². The SMILES string of the molecule is CCOC(=O)c1c(-c2ccccc2)nc2c(c1C)CCCCCC2. The van der Waals surface area contributed by atoms with E-state index in [-0.39, 0.29) is 5.97 Å². The molecule has 3 heteroatoms. The lowest BCUT2D eigenvalue weighted by atomic mass is 9.89. The van der Waals surface area contributed by atoms with Gasteiger partial charge in [0.15, 0.2) is 0 Å². The van der Waals surface area contributed by atoms with E-state index in [0.29, 0.717) is 12.2 Å². The highest BCUT2D eigenvalue weighted by molar-refractivity contribution is 5.98. The number of benzene rings is 1. The summed E-state index contributed by atoms with van der Waals surface area (Å²) in [6.07, 6.45) is 6.87. The van der Waals surface area contributed by atoms with Crippen LogP contribution in [-0.2, 0) is 17.6 Å². The predicted octanol–water partition coefficient (Wildman–Crippen LogP) is 4.89. The van der Waals surface area contributed by atoms with Crippen LogP contribution in [0.2, 0.25) is 0 Å². The molecular formula is C21H25NO2. The molecule has 2 aromatic rings. The number of rotatable bonds is 3. The molecule has 0 saturated heterocycles. The standard InChI is InChI=1S/C21H25NO2/c1-3-24-21(23)19-15(2)17-13-9-4-5-10-14-18(17)22-20(19)16-11-7-6-8-12-16/h6-8,11-12H,3-5,9-10,13-14H2,1-2H3. The van der Waals surface area contributed by atoms with Gasteiger partial charge in [-0.25, -0.2) is 4.79 Å². The summed E-state index contributed by atoms with van der Waals surface area (Å²) in [7, 11) is 0. The van der Waals surface area contributed by atoms with Crippen LogP contribution < -0.4 is 0 Å². The van der Waals surface area contributed by atoms with Gasteiger partial charge in [-0.2, -0.15) is 0 Å². The van der Waals surface area contributed by atoms with Crippen LogP contribution in [0.25, 0.3) is 11.3 Å². The van der Waals surface area contributed by atoms with Gasteiger partial charge in [-0.15, -0.1) is 0 Å². The number of nitrogens with zero attached hydrogens (tertiary/aromatic N) is 1. The van der Waals surface area contributed by atoms with Crippen molar-refractivity contribution in [3.63, 3.8) is 0 Å². The summed E-state index contributed by atoms with van der Waals surface area (Å²) in [5.41, 5.74) is 5.87. The number of hydrogen-bond acceptors (Lipinski definition) is 3. The van der Waals surface area contributed by atoms with Crippen molar-refractivity contribution >= 4 is 5.97 Å². The zero-order valence-corrected chi connectivity index (χ0v) is 14.6. The van der Waals surface area contributed by atoms with E-state index in [0.717, 1.165) is 29.7 Å². The number of hydrogen-bond donors (Lipinski definition) is 0. The summed E-state index contributed by atoms with van der Waals surface area (Å²) in [5.74, 6) is -0.258. The highest BCUT2D eigenvalue weighted by atomic mass is 16.5. The first-order chi connectivity index (χ1) is 11.7. The molecule has 1 aromatic heterocycles. The van der Waals surface area contributed by atoms with Crippen LogP contribution in [-0.4, -0.2) is 17.6 Å². The van der Waals surface area contributed by atoms with Gasteiger partial charge in [0, 0.05) is 11.3 Å². The number of aromatic nitrogens is 1. The Kier molecular flexibility index (Phi) is 5.29. The van der Waals surface area contributed by atoms with Crippen molar-refractivity contribution in [2.45, 2.75) is 52.4 Å². The van der Waals surface area contributed by atoms with Crippen molar-refractivity contribution in [3.8, 4) is 11.3 Å². The van der Waals surface area contributed by atoms with Gasteiger partial charge in [0.2, 0.25) is 0 Å². The number of pyridine rings is 1. The van der Waals surface area contributed by atoms with Gasteiger partial charge in [-0.1, -0.05) is 43.2 Å². The second-order valence-electron chi connectivity index (χ2n) is 6.39. The molecule has 1 aromatic carbocycles. The first-order valence-electron chi connectivity index (χ1n) is 8.97. The minimum atomic E-state index is -0.258. The third-order valence-electron chi connectivity index (χ3n) is 4.78. The van der Waals surface area contributed by atoms with E-state index in [9.17, 15) is 4.79 Å². The molecule has 0 spiro atoms. The maximum atomic E-state index is 12.6. The molecule has 0 aliphatic heterocycles. The molecule has 3 nitrogen and oxygen atoms in total. The van der Waals surface area contributed by atoms with Gasteiger partial charge < -0.3 is 4.74 Å². The minimum Gasteiger partial charge on any atom is -0.462 e. The first-order valence-corrected chi connectivity index (χ1v) is 8.97. The molecular weight excluding hydrogens is 298 g/mol. The van der Waals surface area contributed by atoms with E-state index >= 15 is 0 Å². The fraction of sp³-hybridized carbons (Fsp3) is 0.429. The number of ether oxygens (including phenoxy) is 1. The highest BCUT2D eigenvalue weighted by Gasteiger charge is 2.24. The van der Waals surface area contributed by atoms with E-state index in [2.05, 4.69) is 6.92 Å². The van der Waals surface area contributed by atoms with Crippen molar-refractivity contribution in [1.82, 2.24) is 4.98 Å². The average Bonchev–Trinajstić information content (AvgIpc) is 2.56. The van der Waals surface area contributed by atoms with Crippen LogP contribution in [0.5, 0.6) is 0 Å². The zero-order valence-electron chi connectivity index (χ0n) is 14.6. The maximum absolute atomic E-state index is 12.6. The van der Waals surface area contributed by atoms with Gasteiger partial charge >= 0.3 is 5.97 Å². The van der Waals surface area contributed by atoms with Gasteiger partial charge in [-0.05, 0) is 50.7 Å². The molecule has 3 rings (SSSR count). The van der Waals surface area contributed by atoms with Crippen molar-refractivity contribution in [1.29, 1.82) is 0 Å². The van der Waals surface area contributed by atoms with Gasteiger partial charge in [0.25, 0.3) is 0 Å². The van der Waals surface area contributed by atoms with E-state index in [4.69, 9.17) is 9.72 Å². The minimum absolute atomic E-state index is 0.258. The fourth-order valence-electron chi connectivity index (χ4n) is 3.55. The maximum Gasteiger partial charge on any atom is 0.340 e. The lowest BCUT2D eigenvalue weighted by Crippen LogP contribution is -2.15. The average molecular weight is 323 g/mol. The molecule has 1 aliphatic rings. The number of carbonyl (C=O) groups is 1. The molecule has 0 atom stereocenters. The van der Waals surface area contributed by atoms with Crippen LogP contribution in [0, 0.1) is 6.92 Å². The molecule has 0 fully saturated rings. The summed E-state index contributed by atoms with van der Waals surface area (Å²) in [6.45, 7) is 4.28. The fourth-order valence-corrected chi connectivity index (χ4v) is 3.55. The summed E-state index contributed by atoms with van der Waals surface area (Å²) in [6, 6.07) is 9.98. The molecule has 24 heavy (non-hydrogen) atoms. The van der Waals surface area contributed by atoms with Crippen LogP contribution >= 0.6 is 0 Å². The first kappa shape index (κ1) is 16.7. The van der Waals surface area contributed by atoms with Crippen molar-refractivity contribution in [2.75, 3.05) is 6.61 Å². The smallest absolute Gasteiger partial charge is 0.340 e. The van der Waals surface area contributed by atoms with Crippen molar-refractivity contribution in [3.05, 3.63) is 52.7 Å². The lowest BCUT2D eigenvalue weighted by molar-refractivity contribution is 0.0526. The number of aryl methyl sites for hydroxylation is 1. The Hall–Kier alpha value is -2.16. The third-order valence-corrected chi connectivity index (χ3v) is 4.78. The Labute approximate surface area is 144 Å². The second-order valence-corrected chi connectivity index (χ2v) is 6.39. The molecule has 0 unspecified atom stereocenters. The summed E-state index contributed by atoms with van der Waals surface area (Å²) < 4.78 is 5.34. The third kappa shape index (κ3) is 3.35. The quantitative estimate of drug-likeness (QED) is 0.755. The molecule has 1 aliphatic carbocycles. The highest BCUT2D eigenvalue weighted by Crippen LogP contribution is 2.31. The normalized spacial score (nSPS) is 14.4. The van der Waals surface area contributed by atoms with E-state index in [1.165, 1.54) is 36.9 Å². The van der Waals surface area contributed by atoms with E-state index in [1.807, 2.05) is 37.3 Å². The summed E-state index contributed by atoms with van der Waals surface area (Å²) in [5, 5.41) is 0. The molecule has 126 valence electrons. The predicted molar refractivity (Wildman–Crippen MR) is 96.2 cm³/mol. The van der Waals surface area contributed by atoms with Crippen molar-refractivity contribution in [2.24, 2.45) is 0 Å². The largest absolute Gasteiger partial charge is 0.462 e. The van der Waals surface area contributed by atoms with Crippen molar-refractivity contribution < 1.29 is 9.53 Å². The molecule has 0 N–H and O–H groups in total.